The van der Waals surface area contributed by atoms with Gasteiger partial charge < -0.3 is 10.8 Å². The number of benzene rings is 2. The van der Waals surface area contributed by atoms with Gasteiger partial charge in [0.05, 0.1) is 5.52 Å². The molecule has 0 radical (unpaired) electrons. The van der Waals surface area contributed by atoms with Crippen LogP contribution in [0.4, 0.5) is 0 Å². The molecule has 3 N–H and O–H groups in total. The Kier molecular flexibility index (Phi) is 3.85. The summed E-state index contributed by atoms with van der Waals surface area (Å²) in [5.41, 5.74) is 9.58. The largest absolute Gasteiger partial charge is 0.480 e. The van der Waals surface area contributed by atoms with Crippen LogP contribution in [0.15, 0.2) is 60.8 Å². The predicted octanol–water partition coefficient (Wildman–Crippen LogP) is 2.86. The summed E-state index contributed by atoms with van der Waals surface area (Å²) in [5.74, 6) is -0.986. The molecule has 0 saturated heterocycles. The lowest BCUT2D eigenvalue weighted by molar-refractivity contribution is -0.138. The third-order valence-electron chi connectivity index (χ3n) is 3.66. The molecule has 0 bridgehead atoms. The lowest BCUT2D eigenvalue weighted by Gasteiger charge is -2.10. The zero-order chi connectivity index (χ0) is 15.5. The lowest BCUT2D eigenvalue weighted by atomic mass is 9.97. The minimum atomic E-state index is -0.986. The van der Waals surface area contributed by atoms with Crippen molar-refractivity contribution < 1.29 is 9.90 Å². The maximum atomic E-state index is 10.9. The number of hydrogen-bond donors (Lipinski definition) is 2. The maximum absolute atomic E-state index is 10.9. The number of carboxylic acids is 1. The molecular formula is C18H16N2O2. The Hall–Kier alpha value is -2.72. The molecule has 0 aliphatic rings. The van der Waals surface area contributed by atoms with Gasteiger partial charge in [0.1, 0.15) is 6.04 Å². The van der Waals surface area contributed by atoms with E-state index in [1.807, 2.05) is 54.6 Å². The summed E-state index contributed by atoms with van der Waals surface area (Å²) in [4.78, 5) is 15.3. The fourth-order valence-corrected chi connectivity index (χ4v) is 2.56. The van der Waals surface area contributed by atoms with Crippen molar-refractivity contribution in [2.24, 2.45) is 5.73 Å². The Labute approximate surface area is 128 Å². The number of rotatable bonds is 4. The molecule has 3 rings (SSSR count). The van der Waals surface area contributed by atoms with Crippen molar-refractivity contribution in [1.29, 1.82) is 0 Å². The molecule has 0 aliphatic carbocycles. The quantitative estimate of drug-likeness (QED) is 0.775. The third-order valence-corrected chi connectivity index (χ3v) is 3.66. The summed E-state index contributed by atoms with van der Waals surface area (Å²) in [5, 5.41) is 10.0. The van der Waals surface area contributed by atoms with Crippen LogP contribution in [-0.4, -0.2) is 22.1 Å². The molecule has 1 atom stereocenters. The molecule has 4 heteroatoms. The molecule has 4 nitrogen and oxygen atoms in total. The number of carbonyl (C=O) groups is 1. The first-order chi connectivity index (χ1) is 10.6. The molecule has 0 saturated carbocycles. The van der Waals surface area contributed by atoms with Gasteiger partial charge in [-0.3, -0.25) is 9.78 Å². The second-order valence-corrected chi connectivity index (χ2v) is 5.22. The maximum Gasteiger partial charge on any atom is 0.320 e. The fraction of sp³-hybridized carbons (Fsp3) is 0.111. The van der Waals surface area contributed by atoms with Crippen molar-refractivity contribution in [3.63, 3.8) is 0 Å². The Morgan fingerprint density at radius 1 is 1.14 bits per heavy atom. The van der Waals surface area contributed by atoms with E-state index in [0.29, 0.717) is 6.42 Å². The Balaban J connectivity index is 2.03. The van der Waals surface area contributed by atoms with E-state index < -0.39 is 12.0 Å². The molecule has 2 aromatic carbocycles. The minimum absolute atomic E-state index is 0.312. The highest BCUT2D eigenvalue weighted by Crippen LogP contribution is 2.28. The van der Waals surface area contributed by atoms with Crippen LogP contribution in [-0.2, 0) is 11.2 Å². The van der Waals surface area contributed by atoms with Gasteiger partial charge in [-0.15, -0.1) is 0 Å². The Bertz CT molecular complexity index is 825. The molecule has 0 spiro atoms. The van der Waals surface area contributed by atoms with Crippen LogP contribution in [0.1, 0.15) is 5.56 Å². The number of hydrogen-bond acceptors (Lipinski definition) is 3. The van der Waals surface area contributed by atoms with E-state index in [0.717, 1.165) is 27.6 Å². The lowest BCUT2D eigenvalue weighted by Crippen LogP contribution is -2.32. The normalized spacial score (nSPS) is 12.2. The summed E-state index contributed by atoms with van der Waals surface area (Å²) in [6.07, 6.45) is 2.08. The first-order valence-corrected chi connectivity index (χ1v) is 7.06. The number of pyridine rings is 1. The number of nitrogens with two attached hydrogens (primary N) is 1. The molecule has 3 aromatic rings. The smallest absolute Gasteiger partial charge is 0.320 e. The van der Waals surface area contributed by atoms with Gasteiger partial charge in [0.2, 0.25) is 0 Å². The number of fused-ring (bicyclic) bond motifs is 1. The number of aliphatic carboxylic acids is 1. The summed E-state index contributed by atoms with van der Waals surface area (Å²) < 4.78 is 0. The van der Waals surface area contributed by atoms with Crippen molar-refractivity contribution in [2.75, 3.05) is 0 Å². The molecule has 22 heavy (non-hydrogen) atoms. The number of nitrogens with zero attached hydrogens (tertiary/aromatic N) is 1. The number of carboxylic acid groups (broad SMARTS) is 1. The van der Waals surface area contributed by atoms with E-state index in [4.69, 9.17) is 10.8 Å². The van der Waals surface area contributed by atoms with Crippen LogP contribution in [0.5, 0.6) is 0 Å². The molecule has 110 valence electrons. The molecule has 0 unspecified atom stereocenters. The van der Waals surface area contributed by atoms with Crippen molar-refractivity contribution in [1.82, 2.24) is 4.98 Å². The zero-order valence-corrected chi connectivity index (χ0v) is 11.9. The minimum Gasteiger partial charge on any atom is -0.480 e. The Morgan fingerprint density at radius 2 is 1.95 bits per heavy atom. The topological polar surface area (TPSA) is 76.2 Å². The molecule has 0 aliphatic heterocycles. The van der Waals surface area contributed by atoms with Gasteiger partial charge in [0.25, 0.3) is 0 Å². The van der Waals surface area contributed by atoms with Gasteiger partial charge in [-0.2, -0.15) is 0 Å². The molecule has 0 amide bonds. The SMILES string of the molecule is N[C@H](Cc1cccc(-c2cccc3ncccc23)c1)C(=O)O. The standard InChI is InChI=1S/C18H16N2O2/c19-16(18(21)22)11-12-4-1-5-13(10-12)14-6-2-8-17-15(14)7-3-9-20-17/h1-10,16H,11,19H2,(H,21,22)/t16-/m1/s1. The van der Waals surface area contributed by atoms with Gasteiger partial charge in [-0.25, -0.2) is 0 Å². The van der Waals surface area contributed by atoms with Crippen LogP contribution in [0.3, 0.4) is 0 Å². The van der Waals surface area contributed by atoms with Crippen molar-refractivity contribution in [3.8, 4) is 11.1 Å². The summed E-state index contributed by atoms with van der Waals surface area (Å²) >= 11 is 0. The highest BCUT2D eigenvalue weighted by Gasteiger charge is 2.12. The highest BCUT2D eigenvalue weighted by molar-refractivity contribution is 5.94. The summed E-state index contributed by atoms with van der Waals surface area (Å²) in [7, 11) is 0. The Morgan fingerprint density at radius 3 is 2.77 bits per heavy atom. The van der Waals surface area contributed by atoms with E-state index in [9.17, 15) is 4.79 Å². The highest BCUT2D eigenvalue weighted by atomic mass is 16.4. The van der Waals surface area contributed by atoms with Gasteiger partial charge in [-0.05, 0) is 35.2 Å². The average molecular weight is 292 g/mol. The average Bonchev–Trinajstić information content (AvgIpc) is 2.54. The second kappa shape index (κ2) is 5.95. The van der Waals surface area contributed by atoms with Crippen LogP contribution in [0.2, 0.25) is 0 Å². The van der Waals surface area contributed by atoms with Gasteiger partial charge in [0, 0.05) is 11.6 Å². The van der Waals surface area contributed by atoms with E-state index in [1.54, 1.807) is 6.20 Å². The van der Waals surface area contributed by atoms with Gasteiger partial charge in [-0.1, -0.05) is 42.5 Å². The molecule has 1 heterocycles. The first-order valence-electron chi connectivity index (χ1n) is 7.06. The van der Waals surface area contributed by atoms with Crippen LogP contribution < -0.4 is 5.73 Å². The van der Waals surface area contributed by atoms with Crippen molar-refractivity contribution >= 4 is 16.9 Å². The fourth-order valence-electron chi connectivity index (χ4n) is 2.56. The first kappa shape index (κ1) is 14.2. The van der Waals surface area contributed by atoms with Gasteiger partial charge in [0.15, 0.2) is 0 Å². The summed E-state index contributed by atoms with van der Waals surface area (Å²) in [6, 6.07) is 16.9. The van der Waals surface area contributed by atoms with Crippen LogP contribution in [0, 0.1) is 0 Å². The summed E-state index contributed by atoms with van der Waals surface area (Å²) in [6.45, 7) is 0. The third kappa shape index (κ3) is 2.82. The van der Waals surface area contributed by atoms with Crippen molar-refractivity contribution in [2.45, 2.75) is 12.5 Å². The van der Waals surface area contributed by atoms with E-state index in [-0.39, 0.29) is 0 Å². The van der Waals surface area contributed by atoms with E-state index >= 15 is 0 Å². The van der Waals surface area contributed by atoms with Crippen molar-refractivity contribution in [3.05, 3.63) is 66.4 Å². The van der Waals surface area contributed by atoms with Crippen LogP contribution >= 0.6 is 0 Å². The van der Waals surface area contributed by atoms with E-state index in [2.05, 4.69) is 4.98 Å². The monoisotopic (exact) mass is 292 g/mol. The molecular weight excluding hydrogens is 276 g/mol. The van der Waals surface area contributed by atoms with E-state index in [1.165, 1.54) is 0 Å². The van der Waals surface area contributed by atoms with Gasteiger partial charge >= 0.3 is 5.97 Å². The molecule has 1 aromatic heterocycles. The zero-order valence-electron chi connectivity index (χ0n) is 11.9. The predicted molar refractivity (Wildman–Crippen MR) is 86.5 cm³/mol. The van der Waals surface area contributed by atoms with Crippen LogP contribution in [0.25, 0.3) is 22.0 Å². The number of aromatic nitrogens is 1. The second-order valence-electron chi connectivity index (χ2n) is 5.22. The molecule has 0 fully saturated rings.